The smallest absolute Gasteiger partial charge is 0.338 e. The van der Waals surface area contributed by atoms with Crippen molar-refractivity contribution in [2.75, 3.05) is 18.8 Å². The minimum absolute atomic E-state index is 0.344. The fraction of sp³-hybridized carbons (Fsp3) is 0.545. The third kappa shape index (κ3) is 1.92. The minimum Gasteiger partial charge on any atom is -0.478 e. The molecular formula is C11H16N2O2S. The number of nitrogens with two attached hydrogens (primary N) is 1. The van der Waals surface area contributed by atoms with Gasteiger partial charge in [-0.3, -0.25) is 4.90 Å². The van der Waals surface area contributed by atoms with Crippen LogP contribution in [0.5, 0.6) is 0 Å². The Morgan fingerprint density at radius 3 is 3.00 bits per heavy atom. The molecule has 1 aromatic heterocycles. The summed E-state index contributed by atoms with van der Waals surface area (Å²) in [5.41, 5.74) is 7.06. The summed E-state index contributed by atoms with van der Waals surface area (Å²) in [6.45, 7) is 5.02. The molecule has 0 unspecified atom stereocenters. The molecule has 1 aromatic rings. The zero-order chi connectivity index (χ0) is 11.7. The molecule has 88 valence electrons. The van der Waals surface area contributed by atoms with Gasteiger partial charge in [0.2, 0.25) is 0 Å². The molecule has 0 aliphatic carbocycles. The van der Waals surface area contributed by atoms with Gasteiger partial charge in [-0.2, -0.15) is 0 Å². The van der Waals surface area contributed by atoms with Crippen LogP contribution in [0.3, 0.4) is 0 Å². The van der Waals surface area contributed by atoms with Gasteiger partial charge in [-0.25, -0.2) is 4.79 Å². The van der Waals surface area contributed by atoms with Crippen molar-refractivity contribution in [1.29, 1.82) is 0 Å². The number of hydrogen-bond acceptors (Lipinski definition) is 4. The Kier molecular flexibility index (Phi) is 3.16. The first-order valence-corrected chi connectivity index (χ1v) is 6.30. The summed E-state index contributed by atoms with van der Waals surface area (Å²) in [6, 6.07) is 0. The van der Waals surface area contributed by atoms with Gasteiger partial charge in [-0.1, -0.05) is 6.92 Å². The van der Waals surface area contributed by atoms with Crippen LogP contribution in [0.15, 0.2) is 0 Å². The van der Waals surface area contributed by atoms with Crippen LogP contribution < -0.4 is 5.73 Å². The Labute approximate surface area is 98.7 Å². The molecule has 0 amide bonds. The molecule has 0 bridgehead atoms. The first-order chi connectivity index (χ1) is 7.63. The Morgan fingerprint density at radius 2 is 2.38 bits per heavy atom. The number of nitrogens with zero attached hydrogens (tertiary/aromatic N) is 1. The number of anilines is 1. The molecule has 0 radical (unpaired) electrons. The van der Waals surface area contributed by atoms with Gasteiger partial charge in [0.25, 0.3) is 0 Å². The van der Waals surface area contributed by atoms with E-state index in [1.54, 1.807) is 0 Å². The summed E-state index contributed by atoms with van der Waals surface area (Å²) >= 11 is 1.43. The number of nitrogen functional groups attached to an aromatic ring is 1. The van der Waals surface area contributed by atoms with Crippen LogP contribution >= 0.6 is 11.3 Å². The van der Waals surface area contributed by atoms with Gasteiger partial charge in [0.1, 0.15) is 5.00 Å². The molecule has 3 N–H and O–H groups in total. The van der Waals surface area contributed by atoms with Crippen molar-refractivity contribution in [3.63, 3.8) is 0 Å². The average Bonchev–Trinajstić information content (AvgIpc) is 2.53. The molecule has 0 saturated heterocycles. The average molecular weight is 240 g/mol. The van der Waals surface area contributed by atoms with Gasteiger partial charge in [-0.05, 0) is 24.9 Å². The van der Waals surface area contributed by atoms with E-state index < -0.39 is 5.97 Å². The van der Waals surface area contributed by atoms with Crippen LogP contribution in [-0.2, 0) is 13.0 Å². The van der Waals surface area contributed by atoms with E-state index in [1.165, 1.54) is 11.3 Å². The molecular weight excluding hydrogens is 224 g/mol. The van der Waals surface area contributed by atoms with Crippen molar-refractivity contribution in [3.8, 4) is 0 Å². The highest BCUT2D eigenvalue weighted by atomic mass is 32.1. The van der Waals surface area contributed by atoms with Crippen LogP contribution in [-0.4, -0.2) is 29.1 Å². The molecule has 0 fully saturated rings. The van der Waals surface area contributed by atoms with Crippen LogP contribution in [0.25, 0.3) is 0 Å². The standard InChI is InChI=1S/C11H16N2O2S/c1-2-4-13-5-3-7-8(6-13)16-10(12)9(7)11(14)15/h2-6,12H2,1H3,(H,14,15). The lowest BCUT2D eigenvalue weighted by molar-refractivity contribution is 0.0696. The minimum atomic E-state index is -0.890. The van der Waals surface area contributed by atoms with Crippen LogP contribution in [0.2, 0.25) is 0 Å². The maximum Gasteiger partial charge on any atom is 0.338 e. The van der Waals surface area contributed by atoms with E-state index in [4.69, 9.17) is 10.8 Å². The molecule has 0 saturated carbocycles. The van der Waals surface area contributed by atoms with Crippen molar-refractivity contribution in [3.05, 3.63) is 16.0 Å². The third-order valence-corrected chi connectivity index (χ3v) is 3.96. The van der Waals surface area contributed by atoms with Crippen molar-refractivity contribution in [1.82, 2.24) is 4.90 Å². The topological polar surface area (TPSA) is 66.6 Å². The first-order valence-electron chi connectivity index (χ1n) is 5.49. The predicted molar refractivity (Wildman–Crippen MR) is 65.0 cm³/mol. The molecule has 5 heteroatoms. The van der Waals surface area contributed by atoms with E-state index in [0.29, 0.717) is 10.6 Å². The number of thiophene rings is 1. The normalized spacial score (nSPS) is 16.1. The van der Waals surface area contributed by atoms with Crippen molar-refractivity contribution < 1.29 is 9.90 Å². The monoisotopic (exact) mass is 240 g/mol. The molecule has 1 aliphatic rings. The number of carboxylic acids is 1. The summed E-state index contributed by atoms with van der Waals surface area (Å²) < 4.78 is 0. The Morgan fingerprint density at radius 1 is 1.62 bits per heavy atom. The van der Waals surface area contributed by atoms with Gasteiger partial charge < -0.3 is 10.8 Å². The zero-order valence-corrected chi connectivity index (χ0v) is 10.1. The van der Waals surface area contributed by atoms with E-state index in [-0.39, 0.29) is 0 Å². The summed E-state index contributed by atoms with van der Waals surface area (Å²) in [7, 11) is 0. The zero-order valence-electron chi connectivity index (χ0n) is 9.32. The number of hydrogen-bond donors (Lipinski definition) is 2. The highest BCUT2D eigenvalue weighted by Gasteiger charge is 2.26. The van der Waals surface area contributed by atoms with E-state index >= 15 is 0 Å². The van der Waals surface area contributed by atoms with E-state index in [2.05, 4.69) is 11.8 Å². The molecule has 0 aromatic carbocycles. The summed E-state index contributed by atoms with van der Waals surface area (Å²) in [6.07, 6.45) is 1.94. The van der Waals surface area contributed by atoms with Crippen molar-refractivity contribution in [2.45, 2.75) is 26.3 Å². The summed E-state index contributed by atoms with van der Waals surface area (Å²) in [5, 5.41) is 9.55. The van der Waals surface area contributed by atoms with Crippen molar-refractivity contribution >= 4 is 22.3 Å². The summed E-state index contributed by atoms with van der Waals surface area (Å²) in [5.74, 6) is -0.890. The van der Waals surface area contributed by atoms with E-state index in [9.17, 15) is 4.79 Å². The maximum absolute atomic E-state index is 11.1. The Balaban J connectivity index is 2.28. The quantitative estimate of drug-likeness (QED) is 0.845. The van der Waals surface area contributed by atoms with Gasteiger partial charge in [0.15, 0.2) is 0 Å². The first kappa shape index (κ1) is 11.4. The van der Waals surface area contributed by atoms with Gasteiger partial charge >= 0.3 is 5.97 Å². The van der Waals surface area contributed by atoms with Gasteiger partial charge in [0.05, 0.1) is 5.56 Å². The highest BCUT2D eigenvalue weighted by Crippen LogP contribution is 2.34. The number of aromatic carboxylic acids is 1. The Bertz CT molecular complexity index is 414. The third-order valence-electron chi connectivity index (χ3n) is 2.92. The SMILES string of the molecule is CCCN1CCc2c(sc(N)c2C(=O)O)C1. The molecule has 2 heterocycles. The largest absolute Gasteiger partial charge is 0.478 e. The number of rotatable bonds is 3. The van der Waals surface area contributed by atoms with Crippen LogP contribution in [0.1, 0.15) is 34.1 Å². The van der Waals surface area contributed by atoms with Gasteiger partial charge in [0, 0.05) is 18.0 Å². The van der Waals surface area contributed by atoms with Crippen LogP contribution in [0, 0.1) is 0 Å². The lowest BCUT2D eigenvalue weighted by Gasteiger charge is -2.26. The molecule has 2 rings (SSSR count). The second kappa shape index (κ2) is 4.43. The Hall–Kier alpha value is -1.07. The summed E-state index contributed by atoms with van der Waals surface area (Å²) in [4.78, 5) is 14.6. The molecule has 0 atom stereocenters. The van der Waals surface area contributed by atoms with Crippen LogP contribution in [0.4, 0.5) is 5.00 Å². The fourth-order valence-corrected chi connectivity index (χ4v) is 3.37. The molecule has 0 spiro atoms. The molecule has 1 aliphatic heterocycles. The van der Waals surface area contributed by atoms with E-state index in [1.807, 2.05) is 0 Å². The fourth-order valence-electron chi connectivity index (χ4n) is 2.22. The number of fused-ring (bicyclic) bond motifs is 1. The second-order valence-electron chi connectivity index (χ2n) is 4.07. The second-order valence-corrected chi connectivity index (χ2v) is 5.21. The van der Waals surface area contributed by atoms with E-state index in [0.717, 1.165) is 42.9 Å². The molecule has 4 nitrogen and oxygen atoms in total. The molecule has 16 heavy (non-hydrogen) atoms. The lowest BCUT2D eigenvalue weighted by atomic mass is 10.0. The lowest BCUT2D eigenvalue weighted by Crippen LogP contribution is -2.30. The number of carboxylic acid groups (broad SMARTS) is 1. The van der Waals surface area contributed by atoms with Crippen molar-refractivity contribution in [2.24, 2.45) is 0 Å². The predicted octanol–water partition coefficient (Wildman–Crippen LogP) is 1.80. The highest BCUT2D eigenvalue weighted by molar-refractivity contribution is 7.16. The maximum atomic E-state index is 11.1. The number of carbonyl (C=O) groups is 1. The van der Waals surface area contributed by atoms with Gasteiger partial charge in [-0.15, -0.1) is 11.3 Å².